The van der Waals surface area contributed by atoms with Crippen molar-refractivity contribution < 1.29 is 9.59 Å². The first-order chi connectivity index (χ1) is 11.5. The van der Waals surface area contributed by atoms with Crippen LogP contribution in [0.15, 0.2) is 0 Å². The molecule has 2 aliphatic rings. The highest BCUT2D eigenvalue weighted by molar-refractivity contribution is 7.17. The van der Waals surface area contributed by atoms with Crippen molar-refractivity contribution in [2.45, 2.75) is 32.2 Å². The molecular formula is C16H25N5O2S. The topological polar surface area (TPSA) is 77.6 Å². The highest BCUT2D eigenvalue weighted by Gasteiger charge is 2.47. The highest BCUT2D eigenvalue weighted by Crippen LogP contribution is 2.32. The van der Waals surface area contributed by atoms with Gasteiger partial charge in [-0.1, -0.05) is 11.3 Å². The predicted octanol–water partition coefficient (Wildman–Crippen LogP) is 0.920. The van der Waals surface area contributed by atoms with Crippen LogP contribution in [0.1, 0.15) is 35.1 Å². The van der Waals surface area contributed by atoms with Crippen molar-refractivity contribution in [3.8, 4) is 0 Å². The minimum atomic E-state index is -0.452. The van der Waals surface area contributed by atoms with Gasteiger partial charge in [0, 0.05) is 32.7 Å². The number of anilines is 1. The van der Waals surface area contributed by atoms with Crippen LogP contribution in [0.25, 0.3) is 0 Å². The van der Waals surface area contributed by atoms with Crippen molar-refractivity contribution in [2.75, 3.05) is 45.1 Å². The van der Waals surface area contributed by atoms with E-state index in [1.165, 1.54) is 11.3 Å². The molecule has 1 aromatic rings. The van der Waals surface area contributed by atoms with Gasteiger partial charge in [-0.25, -0.2) is 4.98 Å². The van der Waals surface area contributed by atoms with Crippen LogP contribution in [0.4, 0.5) is 5.13 Å². The van der Waals surface area contributed by atoms with Crippen molar-refractivity contribution in [1.29, 1.82) is 0 Å². The normalized spacial score (nSPS) is 21.0. The number of carbonyl (C=O) groups excluding carboxylic acids is 2. The number of rotatable bonds is 3. The van der Waals surface area contributed by atoms with E-state index in [1.54, 1.807) is 0 Å². The van der Waals surface area contributed by atoms with Crippen LogP contribution in [0, 0.1) is 6.92 Å². The van der Waals surface area contributed by atoms with Gasteiger partial charge in [-0.15, -0.1) is 0 Å². The van der Waals surface area contributed by atoms with Gasteiger partial charge >= 0.3 is 0 Å². The fourth-order valence-electron chi connectivity index (χ4n) is 3.54. The Morgan fingerprint density at radius 2 is 2.08 bits per heavy atom. The van der Waals surface area contributed by atoms with E-state index in [-0.39, 0.29) is 11.8 Å². The van der Waals surface area contributed by atoms with Crippen molar-refractivity contribution in [2.24, 2.45) is 0 Å². The van der Waals surface area contributed by atoms with Gasteiger partial charge in [0.1, 0.15) is 10.4 Å². The van der Waals surface area contributed by atoms with Gasteiger partial charge in [0.05, 0.1) is 5.69 Å². The Labute approximate surface area is 146 Å². The van der Waals surface area contributed by atoms with Crippen LogP contribution in [0.5, 0.6) is 0 Å². The quantitative estimate of drug-likeness (QED) is 0.847. The average molecular weight is 351 g/mol. The van der Waals surface area contributed by atoms with Crippen LogP contribution in [0.2, 0.25) is 0 Å². The van der Waals surface area contributed by atoms with Crippen molar-refractivity contribution >= 4 is 28.3 Å². The van der Waals surface area contributed by atoms with E-state index < -0.39 is 5.54 Å². The molecule has 2 amide bonds. The molecule has 0 aromatic carbocycles. The summed E-state index contributed by atoms with van der Waals surface area (Å²) in [5.74, 6) is 0.134. The van der Waals surface area contributed by atoms with E-state index in [1.807, 2.05) is 25.8 Å². The van der Waals surface area contributed by atoms with Crippen LogP contribution in [0.3, 0.4) is 0 Å². The lowest BCUT2D eigenvalue weighted by molar-refractivity contribution is -0.139. The molecule has 3 rings (SSSR count). The zero-order chi connectivity index (χ0) is 17.3. The second-order valence-corrected chi connectivity index (χ2v) is 7.46. The summed E-state index contributed by atoms with van der Waals surface area (Å²) in [4.78, 5) is 34.3. The summed E-state index contributed by atoms with van der Waals surface area (Å²) in [6.07, 6.45) is 1.36. The van der Waals surface area contributed by atoms with Crippen LogP contribution >= 0.6 is 11.3 Å². The Kier molecular flexibility index (Phi) is 4.78. The number of aryl methyl sites for hydroxylation is 1. The maximum atomic E-state index is 12.8. The molecule has 8 heteroatoms. The Morgan fingerprint density at radius 3 is 2.71 bits per heavy atom. The monoisotopic (exact) mass is 351 g/mol. The number of aromatic nitrogens is 1. The molecule has 2 N–H and O–H groups in total. The van der Waals surface area contributed by atoms with Crippen molar-refractivity contribution in [1.82, 2.24) is 20.1 Å². The van der Waals surface area contributed by atoms with Gasteiger partial charge < -0.3 is 15.5 Å². The molecule has 3 heterocycles. The molecule has 132 valence electrons. The largest absolute Gasteiger partial charge is 0.362 e. The number of amides is 2. The third-order valence-electron chi connectivity index (χ3n) is 5.08. The van der Waals surface area contributed by atoms with E-state index in [0.717, 1.165) is 23.9 Å². The number of likely N-dealkylation sites (tertiary alicyclic amines) is 1. The second-order valence-electron chi connectivity index (χ2n) is 6.47. The number of nitrogens with one attached hydrogen (secondary N) is 2. The van der Waals surface area contributed by atoms with Gasteiger partial charge in [0.15, 0.2) is 5.13 Å². The Bertz CT molecular complexity index is 636. The molecule has 2 saturated heterocycles. The molecule has 0 unspecified atom stereocenters. The predicted molar refractivity (Wildman–Crippen MR) is 94.5 cm³/mol. The summed E-state index contributed by atoms with van der Waals surface area (Å²) in [5, 5.41) is 6.93. The van der Waals surface area contributed by atoms with Gasteiger partial charge in [0.25, 0.3) is 5.91 Å². The van der Waals surface area contributed by atoms with E-state index in [0.29, 0.717) is 37.4 Å². The summed E-state index contributed by atoms with van der Waals surface area (Å²) in [6, 6.07) is 0. The average Bonchev–Trinajstić information content (AvgIpc) is 2.93. The van der Waals surface area contributed by atoms with Crippen molar-refractivity contribution in [3.63, 3.8) is 0 Å². The standard InChI is InChI=1S/C16H25N5O2S/c1-4-17-15-19-11(2)12(24-15)13(22)21-8-5-16(6-9-21)14(23)18-7-10-20(16)3/h4-10H2,1-3H3,(H,17,19)(H,18,23). The molecule has 0 radical (unpaired) electrons. The lowest BCUT2D eigenvalue weighted by Crippen LogP contribution is -2.67. The third kappa shape index (κ3) is 2.88. The fourth-order valence-corrected chi connectivity index (χ4v) is 4.55. The van der Waals surface area contributed by atoms with Crippen LogP contribution < -0.4 is 10.6 Å². The number of hydrogen-bond donors (Lipinski definition) is 2. The maximum Gasteiger partial charge on any atom is 0.265 e. The van der Waals surface area contributed by atoms with Crippen molar-refractivity contribution in [3.05, 3.63) is 10.6 Å². The van der Waals surface area contributed by atoms with E-state index in [2.05, 4.69) is 20.5 Å². The van der Waals surface area contributed by atoms with Gasteiger partial charge in [-0.2, -0.15) is 0 Å². The number of nitrogens with zero attached hydrogens (tertiary/aromatic N) is 3. The zero-order valence-corrected chi connectivity index (χ0v) is 15.3. The highest BCUT2D eigenvalue weighted by atomic mass is 32.1. The Balaban J connectivity index is 1.70. The van der Waals surface area contributed by atoms with Gasteiger partial charge in [0.2, 0.25) is 5.91 Å². The van der Waals surface area contributed by atoms with Crippen LogP contribution in [-0.2, 0) is 4.79 Å². The zero-order valence-electron chi connectivity index (χ0n) is 14.5. The molecule has 0 bridgehead atoms. The molecule has 24 heavy (non-hydrogen) atoms. The molecule has 1 spiro atoms. The first-order valence-electron chi connectivity index (χ1n) is 8.48. The summed E-state index contributed by atoms with van der Waals surface area (Å²) in [7, 11) is 2.01. The van der Waals surface area contributed by atoms with Gasteiger partial charge in [-0.05, 0) is 33.7 Å². The molecule has 0 atom stereocenters. The molecule has 2 aliphatic heterocycles. The van der Waals surface area contributed by atoms with Gasteiger partial charge in [-0.3, -0.25) is 14.5 Å². The number of hydrogen-bond acceptors (Lipinski definition) is 6. The molecule has 2 fully saturated rings. The minimum absolute atomic E-state index is 0.0304. The number of likely N-dealkylation sites (N-methyl/N-ethyl adjacent to an activating group) is 1. The molecular weight excluding hydrogens is 326 g/mol. The number of piperazine rings is 1. The number of thiazole rings is 1. The maximum absolute atomic E-state index is 12.8. The van der Waals surface area contributed by atoms with E-state index >= 15 is 0 Å². The summed E-state index contributed by atoms with van der Waals surface area (Å²) in [5.41, 5.74) is 0.320. The Morgan fingerprint density at radius 1 is 1.38 bits per heavy atom. The first kappa shape index (κ1) is 17.2. The number of piperidine rings is 1. The smallest absolute Gasteiger partial charge is 0.265 e. The van der Waals surface area contributed by atoms with E-state index in [4.69, 9.17) is 0 Å². The number of carbonyl (C=O) groups is 2. The lowest BCUT2D eigenvalue weighted by atomic mass is 9.83. The summed E-state index contributed by atoms with van der Waals surface area (Å²) < 4.78 is 0. The minimum Gasteiger partial charge on any atom is -0.362 e. The SMILES string of the molecule is CCNc1nc(C)c(C(=O)N2CCC3(CC2)C(=O)NCCN3C)s1. The summed E-state index contributed by atoms with van der Waals surface area (Å²) in [6.45, 7) is 7.43. The Hall–Kier alpha value is -1.67. The molecule has 7 nitrogen and oxygen atoms in total. The molecule has 0 saturated carbocycles. The first-order valence-corrected chi connectivity index (χ1v) is 9.29. The van der Waals surface area contributed by atoms with E-state index in [9.17, 15) is 9.59 Å². The second kappa shape index (κ2) is 6.68. The molecule has 0 aliphatic carbocycles. The van der Waals surface area contributed by atoms with Crippen LogP contribution in [-0.4, -0.2) is 71.9 Å². The lowest BCUT2D eigenvalue weighted by Gasteiger charge is -2.48. The molecule has 1 aromatic heterocycles. The third-order valence-corrected chi connectivity index (χ3v) is 6.19. The fraction of sp³-hybridized carbons (Fsp3) is 0.688. The summed E-state index contributed by atoms with van der Waals surface area (Å²) >= 11 is 1.41.